The summed E-state index contributed by atoms with van der Waals surface area (Å²) in [4.78, 5) is 22.8. The van der Waals surface area contributed by atoms with E-state index in [1.165, 1.54) is 0 Å². The van der Waals surface area contributed by atoms with E-state index in [1.807, 2.05) is 24.3 Å². The number of ether oxygens (including phenoxy) is 2. The van der Waals surface area contributed by atoms with Crippen molar-refractivity contribution in [3.63, 3.8) is 0 Å². The Morgan fingerprint density at radius 1 is 1.15 bits per heavy atom. The first-order valence-electron chi connectivity index (χ1n) is 10.8. The molecule has 0 N–H and O–H groups in total. The van der Waals surface area contributed by atoms with E-state index < -0.39 is 5.92 Å². The van der Waals surface area contributed by atoms with Crippen LogP contribution in [0.2, 0.25) is 0 Å². The fourth-order valence-electron chi connectivity index (χ4n) is 4.87. The number of furan rings is 1. The summed E-state index contributed by atoms with van der Waals surface area (Å²) in [5.74, 6) is 2.40. The Morgan fingerprint density at radius 3 is 2.79 bits per heavy atom. The molecular formula is C25H22N4O4. The van der Waals surface area contributed by atoms with Crippen molar-refractivity contribution in [3.8, 4) is 23.2 Å². The number of hydrogen-bond acceptors (Lipinski definition) is 7. The van der Waals surface area contributed by atoms with Crippen LogP contribution in [0.1, 0.15) is 43.7 Å². The van der Waals surface area contributed by atoms with Crippen LogP contribution in [-0.4, -0.2) is 32.5 Å². The molecule has 2 aliphatic rings. The van der Waals surface area contributed by atoms with E-state index in [0.29, 0.717) is 58.6 Å². The fourth-order valence-corrected chi connectivity index (χ4v) is 4.87. The molecule has 1 aromatic carbocycles. The molecule has 166 valence electrons. The minimum atomic E-state index is -0.437. The predicted octanol–water partition coefficient (Wildman–Crippen LogP) is 4.56. The van der Waals surface area contributed by atoms with Crippen molar-refractivity contribution in [3.05, 3.63) is 71.4 Å². The summed E-state index contributed by atoms with van der Waals surface area (Å²) in [5, 5.41) is 4.54. The van der Waals surface area contributed by atoms with Gasteiger partial charge in [-0.2, -0.15) is 0 Å². The lowest BCUT2D eigenvalue weighted by molar-refractivity contribution is -0.118. The number of ketones is 1. The van der Waals surface area contributed by atoms with Crippen molar-refractivity contribution in [2.24, 2.45) is 5.41 Å². The van der Waals surface area contributed by atoms with E-state index in [4.69, 9.17) is 18.9 Å². The standard InChI is InChI=1S/C25H22N4O4/c1-25(2)11-15(30)20-18(12-25)33-24-21(19(20)14-7-4-5-8-16(14)31-3)23-27-22(17-9-6-10-32-17)28-29(23)13-26-24/h4-10,13,19H,11-12H2,1-3H3. The van der Waals surface area contributed by atoms with Crippen LogP contribution >= 0.6 is 0 Å². The van der Waals surface area contributed by atoms with Gasteiger partial charge in [0, 0.05) is 24.0 Å². The topological polar surface area (TPSA) is 91.8 Å². The Kier molecular flexibility index (Phi) is 4.20. The van der Waals surface area contributed by atoms with Gasteiger partial charge in [-0.3, -0.25) is 4.79 Å². The highest BCUT2D eigenvalue weighted by Gasteiger charge is 2.44. The third-order valence-electron chi connectivity index (χ3n) is 6.25. The molecule has 0 bridgehead atoms. The van der Waals surface area contributed by atoms with Gasteiger partial charge >= 0.3 is 0 Å². The first kappa shape index (κ1) is 19.7. The molecule has 3 aromatic heterocycles. The molecule has 8 heteroatoms. The summed E-state index contributed by atoms with van der Waals surface area (Å²) < 4.78 is 19.1. The summed E-state index contributed by atoms with van der Waals surface area (Å²) >= 11 is 0. The summed E-state index contributed by atoms with van der Waals surface area (Å²) in [6.45, 7) is 4.16. The number of benzene rings is 1. The van der Waals surface area contributed by atoms with Gasteiger partial charge in [-0.1, -0.05) is 32.0 Å². The van der Waals surface area contributed by atoms with Crippen LogP contribution in [0.5, 0.6) is 11.6 Å². The second-order valence-electron chi connectivity index (χ2n) is 9.20. The largest absolute Gasteiger partial charge is 0.496 e. The highest BCUT2D eigenvalue weighted by Crippen LogP contribution is 2.51. The van der Waals surface area contributed by atoms with Gasteiger partial charge in [0.05, 0.1) is 24.9 Å². The molecule has 1 unspecified atom stereocenters. The third-order valence-corrected chi connectivity index (χ3v) is 6.25. The van der Waals surface area contributed by atoms with Gasteiger partial charge in [-0.05, 0) is 23.6 Å². The van der Waals surface area contributed by atoms with Crippen LogP contribution in [0, 0.1) is 5.41 Å². The number of allylic oxidation sites excluding steroid dienone is 2. The quantitative estimate of drug-likeness (QED) is 0.459. The van der Waals surface area contributed by atoms with Crippen molar-refractivity contribution in [2.45, 2.75) is 32.6 Å². The van der Waals surface area contributed by atoms with Crippen molar-refractivity contribution < 1.29 is 18.7 Å². The molecule has 0 amide bonds. The summed E-state index contributed by atoms with van der Waals surface area (Å²) in [5.41, 5.74) is 2.57. The molecule has 1 aliphatic heterocycles. The summed E-state index contributed by atoms with van der Waals surface area (Å²) in [6.07, 6.45) is 4.25. The maximum absolute atomic E-state index is 13.5. The average molecular weight is 442 g/mol. The second-order valence-corrected chi connectivity index (χ2v) is 9.20. The third kappa shape index (κ3) is 3.05. The zero-order valence-corrected chi connectivity index (χ0v) is 18.5. The summed E-state index contributed by atoms with van der Waals surface area (Å²) in [6, 6.07) is 11.3. The molecule has 8 nitrogen and oxygen atoms in total. The van der Waals surface area contributed by atoms with Gasteiger partial charge in [-0.25, -0.2) is 14.5 Å². The van der Waals surface area contributed by atoms with Crippen molar-refractivity contribution in [1.82, 2.24) is 19.6 Å². The minimum Gasteiger partial charge on any atom is -0.496 e. The smallest absolute Gasteiger partial charge is 0.228 e. The van der Waals surface area contributed by atoms with Gasteiger partial charge < -0.3 is 13.9 Å². The number of carbonyl (C=O) groups excluding carboxylic acids is 1. The predicted molar refractivity (Wildman–Crippen MR) is 119 cm³/mol. The molecule has 0 fully saturated rings. The highest BCUT2D eigenvalue weighted by molar-refractivity contribution is 6.00. The summed E-state index contributed by atoms with van der Waals surface area (Å²) in [7, 11) is 1.63. The van der Waals surface area contributed by atoms with Gasteiger partial charge in [0.15, 0.2) is 17.2 Å². The Morgan fingerprint density at radius 2 is 2.00 bits per heavy atom. The molecular weight excluding hydrogens is 420 g/mol. The van der Waals surface area contributed by atoms with Crippen LogP contribution in [-0.2, 0) is 4.79 Å². The number of hydrogen-bond donors (Lipinski definition) is 0. The van der Waals surface area contributed by atoms with Gasteiger partial charge in [0.25, 0.3) is 0 Å². The SMILES string of the molecule is COc1ccccc1C1C2=C(CC(C)(C)CC2=O)Oc2ncn3nc(-c4ccco4)nc3c21. The number of fused-ring (bicyclic) bond motifs is 3. The molecule has 1 atom stereocenters. The Labute approximate surface area is 189 Å². The number of para-hydroxylation sites is 1. The fraction of sp³-hybridized carbons (Fsp3) is 0.280. The maximum atomic E-state index is 13.5. The number of Topliss-reactive ketones (excluding diaryl/α,β-unsaturated/α-hetero) is 1. The molecule has 33 heavy (non-hydrogen) atoms. The number of nitrogens with zero attached hydrogens (tertiary/aromatic N) is 4. The lowest BCUT2D eigenvalue weighted by Crippen LogP contribution is -2.33. The molecule has 0 radical (unpaired) electrons. The van der Waals surface area contributed by atoms with Crippen molar-refractivity contribution in [1.29, 1.82) is 0 Å². The zero-order valence-electron chi connectivity index (χ0n) is 18.5. The first-order chi connectivity index (χ1) is 15.9. The monoisotopic (exact) mass is 442 g/mol. The van der Waals surface area contributed by atoms with E-state index >= 15 is 0 Å². The molecule has 4 heterocycles. The molecule has 4 aromatic rings. The molecule has 6 rings (SSSR count). The van der Waals surface area contributed by atoms with Crippen LogP contribution in [0.25, 0.3) is 17.2 Å². The Hall–Kier alpha value is -3.94. The number of carbonyl (C=O) groups is 1. The normalized spacial score (nSPS) is 19.2. The van der Waals surface area contributed by atoms with Crippen molar-refractivity contribution in [2.75, 3.05) is 7.11 Å². The lowest BCUT2D eigenvalue weighted by atomic mass is 9.70. The van der Waals surface area contributed by atoms with Crippen LogP contribution in [0.15, 0.2) is 64.7 Å². The van der Waals surface area contributed by atoms with Crippen LogP contribution in [0.3, 0.4) is 0 Å². The average Bonchev–Trinajstić information content (AvgIpc) is 3.46. The molecule has 1 aliphatic carbocycles. The Bertz CT molecular complexity index is 1430. The van der Waals surface area contributed by atoms with E-state index in [0.717, 1.165) is 5.56 Å². The van der Waals surface area contributed by atoms with Gasteiger partial charge in [0.2, 0.25) is 11.7 Å². The molecule has 0 saturated heterocycles. The maximum Gasteiger partial charge on any atom is 0.228 e. The van der Waals surface area contributed by atoms with Gasteiger partial charge in [0.1, 0.15) is 17.8 Å². The Balaban J connectivity index is 1.64. The zero-order chi connectivity index (χ0) is 22.7. The number of methoxy groups -OCH3 is 1. The van der Waals surface area contributed by atoms with Crippen LogP contribution < -0.4 is 9.47 Å². The first-order valence-corrected chi connectivity index (χ1v) is 10.8. The second kappa shape index (κ2) is 7.03. The highest BCUT2D eigenvalue weighted by atomic mass is 16.5. The van der Waals surface area contributed by atoms with E-state index in [2.05, 4.69) is 23.9 Å². The van der Waals surface area contributed by atoms with E-state index in [-0.39, 0.29) is 11.2 Å². The van der Waals surface area contributed by atoms with E-state index in [1.54, 1.807) is 36.3 Å². The molecule has 0 spiro atoms. The van der Waals surface area contributed by atoms with Crippen LogP contribution in [0.4, 0.5) is 0 Å². The minimum absolute atomic E-state index is 0.0654. The van der Waals surface area contributed by atoms with Gasteiger partial charge in [-0.15, -0.1) is 5.10 Å². The van der Waals surface area contributed by atoms with E-state index in [9.17, 15) is 4.79 Å². The molecule has 0 saturated carbocycles. The van der Waals surface area contributed by atoms with Crippen molar-refractivity contribution >= 4 is 11.4 Å². The number of rotatable bonds is 3. The number of aromatic nitrogens is 4. The lowest BCUT2D eigenvalue weighted by Gasteiger charge is -2.37.